The van der Waals surface area contributed by atoms with Crippen molar-refractivity contribution in [3.63, 3.8) is 0 Å². The number of ether oxygens (including phenoxy) is 1. The Bertz CT molecular complexity index is 683. The SMILES string of the molecule is COC(=O)C[C@H](C(=O)Nc1ccc(C)cc1[N+](=O)[O-])[NH+]1CCC(C)CC1. The van der Waals surface area contributed by atoms with Crippen molar-refractivity contribution in [2.24, 2.45) is 5.92 Å². The number of nitrogens with zero attached hydrogens (tertiary/aromatic N) is 1. The summed E-state index contributed by atoms with van der Waals surface area (Å²) in [5.41, 5.74) is 0.721. The molecule has 8 nitrogen and oxygen atoms in total. The van der Waals surface area contributed by atoms with Gasteiger partial charge in [0, 0.05) is 6.07 Å². The number of carbonyl (C=O) groups is 2. The maximum Gasteiger partial charge on any atom is 0.312 e. The van der Waals surface area contributed by atoms with Crippen LogP contribution >= 0.6 is 0 Å². The van der Waals surface area contributed by atoms with Crippen molar-refractivity contribution in [1.82, 2.24) is 0 Å². The van der Waals surface area contributed by atoms with Crippen LogP contribution in [0.4, 0.5) is 11.4 Å². The topological polar surface area (TPSA) is 103 Å². The molecule has 2 rings (SSSR count). The van der Waals surface area contributed by atoms with Gasteiger partial charge in [-0.05, 0) is 37.3 Å². The summed E-state index contributed by atoms with van der Waals surface area (Å²) in [6.07, 6.45) is 1.90. The zero-order valence-corrected chi connectivity index (χ0v) is 15.4. The first kappa shape index (κ1) is 19.8. The van der Waals surface area contributed by atoms with E-state index < -0.39 is 22.8 Å². The number of carbonyl (C=O) groups excluding carboxylic acids is 2. The van der Waals surface area contributed by atoms with E-state index in [2.05, 4.69) is 12.2 Å². The molecule has 26 heavy (non-hydrogen) atoms. The number of amides is 1. The number of likely N-dealkylation sites (tertiary alicyclic amines) is 1. The highest BCUT2D eigenvalue weighted by Crippen LogP contribution is 2.25. The van der Waals surface area contributed by atoms with Crippen LogP contribution in [0.25, 0.3) is 0 Å². The largest absolute Gasteiger partial charge is 0.469 e. The minimum absolute atomic E-state index is 0.0499. The minimum atomic E-state index is -0.629. The van der Waals surface area contributed by atoms with E-state index in [1.807, 2.05) is 0 Å². The summed E-state index contributed by atoms with van der Waals surface area (Å²) < 4.78 is 4.73. The van der Waals surface area contributed by atoms with Gasteiger partial charge in [0.1, 0.15) is 12.1 Å². The number of benzene rings is 1. The predicted molar refractivity (Wildman–Crippen MR) is 96.0 cm³/mol. The van der Waals surface area contributed by atoms with E-state index in [1.165, 1.54) is 19.2 Å². The lowest BCUT2D eigenvalue weighted by atomic mass is 9.97. The van der Waals surface area contributed by atoms with Crippen molar-refractivity contribution in [3.05, 3.63) is 33.9 Å². The Balaban J connectivity index is 2.21. The summed E-state index contributed by atoms with van der Waals surface area (Å²) >= 11 is 0. The van der Waals surface area contributed by atoms with Gasteiger partial charge in [0.15, 0.2) is 6.04 Å². The van der Waals surface area contributed by atoms with E-state index in [-0.39, 0.29) is 17.8 Å². The molecule has 142 valence electrons. The van der Waals surface area contributed by atoms with Crippen LogP contribution in [0.1, 0.15) is 31.7 Å². The quantitative estimate of drug-likeness (QED) is 0.447. The molecule has 0 saturated carbocycles. The van der Waals surface area contributed by atoms with Gasteiger partial charge in [-0.15, -0.1) is 0 Å². The lowest BCUT2D eigenvalue weighted by Crippen LogP contribution is -3.18. The van der Waals surface area contributed by atoms with Gasteiger partial charge < -0.3 is 15.0 Å². The lowest BCUT2D eigenvalue weighted by Gasteiger charge is -2.32. The van der Waals surface area contributed by atoms with E-state index in [9.17, 15) is 19.7 Å². The predicted octanol–water partition coefficient (Wildman–Crippen LogP) is 1.09. The third-order valence-corrected chi connectivity index (χ3v) is 4.93. The summed E-state index contributed by atoms with van der Waals surface area (Å²) in [4.78, 5) is 36.4. The van der Waals surface area contributed by atoms with Gasteiger partial charge in [-0.25, -0.2) is 0 Å². The van der Waals surface area contributed by atoms with Crippen LogP contribution in [0.2, 0.25) is 0 Å². The Morgan fingerprint density at radius 1 is 1.38 bits per heavy atom. The number of nitro groups is 1. The average Bonchev–Trinajstić information content (AvgIpc) is 2.61. The van der Waals surface area contributed by atoms with Crippen LogP contribution in [0.15, 0.2) is 18.2 Å². The first-order chi connectivity index (χ1) is 12.3. The standard InChI is InChI=1S/C18H25N3O5/c1-12-6-8-20(9-7-12)16(11-17(22)26-3)18(23)19-14-5-4-13(2)10-15(14)21(24)25/h4-5,10,12,16H,6-9,11H2,1-3H3,(H,19,23)/p+1/t16-/m1/s1. The van der Waals surface area contributed by atoms with E-state index >= 15 is 0 Å². The molecule has 1 aliphatic heterocycles. The highest BCUT2D eigenvalue weighted by molar-refractivity contribution is 5.97. The van der Waals surface area contributed by atoms with E-state index in [0.717, 1.165) is 36.4 Å². The molecule has 0 bridgehead atoms. The zero-order chi connectivity index (χ0) is 19.3. The fourth-order valence-corrected chi connectivity index (χ4v) is 3.27. The van der Waals surface area contributed by atoms with Gasteiger partial charge in [-0.2, -0.15) is 0 Å². The highest BCUT2D eigenvalue weighted by Gasteiger charge is 2.35. The maximum absolute atomic E-state index is 12.8. The summed E-state index contributed by atoms with van der Waals surface area (Å²) in [5.74, 6) is -0.264. The molecule has 1 fully saturated rings. The van der Waals surface area contributed by atoms with E-state index in [0.29, 0.717) is 5.92 Å². The number of hydrogen-bond donors (Lipinski definition) is 2. The van der Waals surface area contributed by atoms with Crippen molar-refractivity contribution in [1.29, 1.82) is 0 Å². The molecule has 1 aromatic rings. The molecule has 1 aliphatic rings. The number of nitro benzene ring substituents is 1. The van der Waals surface area contributed by atoms with E-state index in [4.69, 9.17) is 4.74 Å². The van der Waals surface area contributed by atoms with Gasteiger partial charge >= 0.3 is 5.97 Å². The fraction of sp³-hybridized carbons (Fsp3) is 0.556. The molecular weight excluding hydrogens is 338 g/mol. The molecule has 1 atom stereocenters. The van der Waals surface area contributed by atoms with Gasteiger partial charge in [0.25, 0.3) is 11.6 Å². The Kier molecular flexibility index (Phi) is 6.68. The monoisotopic (exact) mass is 364 g/mol. The normalized spacial score (nSPS) is 20.9. The van der Waals surface area contributed by atoms with Crippen molar-refractivity contribution in [3.8, 4) is 0 Å². The number of anilines is 1. The van der Waals surface area contributed by atoms with Crippen LogP contribution in [0, 0.1) is 23.0 Å². The Hall–Kier alpha value is -2.48. The summed E-state index contributed by atoms with van der Waals surface area (Å²) in [6, 6.07) is 4.01. The highest BCUT2D eigenvalue weighted by atomic mass is 16.6. The maximum atomic E-state index is 12.8. The second-order valence-corrected chi connectivity index (χ2v) is 6.94. The van der Waals surface area contributed by atoms with Crippen LogP contribution in [0.3, 0.4) is 0 Å². The fourth-order valence-electron chi connectivity index (χ4n) is 3.27. The number of piperidine rings is 1. The van der Waals surface area contributed by atoms with Crippen molar-refractivity contribution < 1.29 is 24.1 Å². The summed E-state index contributed by atoms with van der Waals surface area (Å²) in [7, 11) is 1.29. The van der Waals surface area contributed by atoms with Gasteiger partial charge in [0.05, 0.1) is 25.1 Å². The second kappa shape index (κ2) is 8.75. The molecule has 1 aromatic carbocycles. The number of quaternary nitrogens is 1. The lowest BCUT2D eigenvalue weighted by molar-refractivity contribution is -0.921. The second-order valence-electron chi connectivity index (χ2n) is 6.94. The zero-order valence-electron chi connectivity index (χ0n) is 15.4. The average molecular weight is 364 g/mol. The van der Waals surface area contributed by atoms with Gasteiger partial charge in [-0.3, -0.25) is 19.7 Å². The third-order valence-electron chi connectivity index (χ3n) is 4.93. The number of nitrogens with one attached hydrogen (secondary N) is 2. The van der Waals surface area contributed by atoms with Crippen molar-refractivity contribution in [2.75, 3.05) is 25.5 Å². The molecule has 0 aliphatic carbocycles. The molecule has 1 amide bonds. The molecule has 1 saturated heterocycles. The Morgan fingerprint density at radius 3 is 2.62 bits per heavy atom. The van der Waals surface area contributed by atoms with Crippen LogP contribution in [0.5, 0.6) is 0 Å². The van der Waals surface area contributed by atoms with E-state index in [1.54, 1.807) is 13.0 Å². The van der Waals surface area contributed by atoms with Crippen molar-refractivity contribution >= 4 is 23.3 Å². The molecule has 0 spiro atoms. The Labute approximate surface area is 152 Å². The number of methoxy groups -OCH3 is 1. The number of esters is 1. The molecule has 8 heteroatoms. The molecule has 0 unspecified atom stereocenters. The molecular formula is C18H26N3O5+. The minimum Gasteiger partial charge on any atom is -0.469 e. The van der Waals surface area contributed by atoms with Crippen LogP contribution in [-0.2, 0) is 14.3 Å². The summed E-state index contributed by atoms with van der Waals surface area (Å²) in [5, 5.41) is 13.9. The smallest absolute Gasteiger partial charge is 0.312 e. The number of hydrogen-bond acceptors (Lipinski definition) is 5. The van der Waals surface area contributed by atoms with Crippen LogP contribution < -0.4 is 10.2 Å². The molecule has 0 aromatic heterocycles. The van der Waals surface area contributed by atoms with Crippen LogP contribution in [-0.4, -0.2) is 43.0 Å². The van der Waals surface area contributed by atoms with Gasteiger partial charge in [0.2, 0.25) is 0 Å². The van der Waals surface area contributed by atoms with Crippen molar-refractivity contribution in [2.45, 2.75) is 39.2 Å². The molecule has 1 heterocycles. The van der Waals surface area contributed by atoms with Gasteiger partial charge in [-0.1, -0.05) is 13.0 Å². The Morgan fingerprint density at radius 2 is 2.04 bits per heavy atom. The molecule has 2 N–H and O–H groups in total. The first-order valence-electron chi connectivity index (χ1n) is 8.79. The number of rotatable bonds is 6. The summed E-state index contributed by atoms with van der Waals surface area (Å²) in [6.45, 7) is 5.48. The first-order valence-corrected chi connectivity index (χ1v) is 8.79. The number of aryl methyl sites for hydroxylation is 1. The third kappa shape index (κ3) is 5.01. The molecule has 0 radical (unpaired) electrons.